The van der Waals surface area contributed by atoms with Crippen LogP contribution in [-0.4, -0.2) is 31.6 Å². The Hall–Kier alpha value is -1.35. The minimum Gasteiger partial charge on any atom is -0.382 e. The van der Waals surface area contributed by atoms with Crippen LogP contribution >= 0.6 is 0 Å². The first-order valence-corrected chi connectivity index (χ1v) is 4.94. The molecule has 0 N–H and O–H groups in total. The lowest BCUT2D eigenvalue weighted by Gasteiger charge is -2.26. The SMILES string of the molecule is COCC(c1ccccc1)N(C)C(C)=O. The smallest absolute Gasteiger partial charge is 0.219 e. The van der Waals surface area contributed by atoms with Crippen LogP contribution in [-0.2, 0) is 9.53 Å². The number of nitrogens with zero attached hydrogens (tertiary/aromatic N) is 1. The molecule has 0 saturated heterocycles. The Kier molecular flexibility index (Phi) is 4.31. The summed E-state index contributed by atoms with van der Waals surface area (Å²) in [4.78, 5) is 13.0. The molecule has 0 fully saturated rings. The third-order valence-corrected chi connectivity index (χ3v) is 2.47. The first-order chi connectivity index (χ1) is 7.16. The Bertz CT molecular complexity index is 311. The quantitative estimate of drug-likeness (QED) is 0.754. The minimum atomic E-state index is -0.00583. The summed E-state index contributed by atoms with van der Waals surface area (Å²) in [5, 5.41) is 0. The molecule has 3 heteroatoms. The molecule has 0 radical (unpaired) electrons. The van der Waals surface area contributed by atoms with Gasteiger partial charge < -0.3 is 9.64 Å². The zero-order valence-corrected chi connectivity index (χ0v) is 9.43. The largest absolute Gasteiger partial charge is 0.382 e. The monoisotopic (exact) mass is 207 g/mol. The topological polar surface area (TPSA) is 29.5 Å². The lowest BCUT2D eigenvalue weighted by atomic mass is 10.1. The summed E-state index contributed by atoms with van der Waals surface area (Å²) in [6, 6.07) is 9.89. The van der Waals surface area contributed by atoms with E-state index in [1.54, 1.807) is 26.0 Å². The number of benzene rings is 1. The van der Waals surface area contributed by atoms with Gasteiger partial charge in [-0.2, -0.15) is 0 Å². The number of hydrogen-bond acceptors (Lipinski definition) is 2. The molecule has 1 rings (SSSR count). The molecule has 0 aliphatic rings. The van der Waals surface area contributed by atoms with E-state index in [4.69, 9.17) is 4.74 Å². The maximum Gasteiger partial charge on any atom is 0.219 e. The van der Waals surface area contributed by atoms with Gasteiger partial charge in [-0.1, -0.05) is 30.3 Å². The Labute approximate surface area is 90.7 Å². The molecule has 0 bridgehead atoms. The Morgan fingerprint density at radius 3 is 2.47 bits per heavy atom. The maximum absolute atomic E-state index is 11.3. The number of carbonyl (C=O) groups excluding carboxylic acids is 1. The van der Waals surface area contributed by atoms with E-state index in [2.05, 4.69) is 0 Å². The number of likely N-dealkylation sites (N-methyl/N-ethyl adjacent to an activating group) is 1. The van der Waals surface area contributed by atoms with E-state index in [9.17, 15) is 4.79 Å². The van der Waals surface area contributed by atoms with Gasteiger partial charge in [-0.05, 0) is 5.56 Å². The van der Waals surface area contributed by atoms with Gasteiger partial charge in [0.25, 0.3) is 0 Å². The minimum absolute atomic E-state index is 0.00583. The van der Waals surface area contributed by atoms with E-state index in [1.165, 1.54) is 0 Å². The Balaban J connectivity index is 2.87. The van der Waals surface area contributed by atoms with Crippen molar-refractivity contribution in [1.29, 1.82) is 0 Å². The maximum atomic E-state index is 11.3. The second-order valence-electron chi connectivity index (χ2n) is 3.51. The average Bonchev–Trinajstić information content (AvgIpc) is 2.26. The number of rotatable bonds is 4. The highest BCUT2D eigenvalue weighted by molar-refractivity contribution is 5.73. The predicted molar refractivity (Wildman–Crippen MR) is 59.5 cm³/mol. The van der Waals surface area contributed by atoms with Gasteiger partial charge in [0.1, 0.15) is 0 Å². The van der Waals surface area contributed by atoms with Crippen molar-refractivity contribution in [3.05, 3.63) is 35.9 Å². The van der Waals surface area contributed by atoms with E-state index in [0.717, 1.165) is 5.56 Å². The third kappa shape index (κ3) is 3.06. The van der Waals surface area contributed by atoms with Gasteiger partial charge >= 0.3 is 0 Å². The van der Waals surface area contributed by atoms with Gasteiger partial charge in [-0.15, -0.1) is 0 Å². The van der Waals surface area contributed by atoms with Crippen LogP contribution in [0.25, 0.3) is 0 Å². The molecule has 1 atom stereocenters. The van der Waals surface area contributed by atoms with Crippen LogP contribution in [0.2, 0.25) is 0 Å². The van der Waals surface area contributed by atoms with Gasteiger partial charge in [0.15, 0.2) is 0 Å². The molecule has 0 spiro atoms. The molecule has 0 heterocycles. The second-order valence-corrected chi connectivity index (χ2v) is 3.51. The van der Waals surface area contributed by atoms with Gasteiger partial charge in [0.05, 0.1) is 12.6 Å². The van der Waals surface area contributed by atoms with E-state index in [1.807, 2.05) is 30.3 Å². The molecule has 0 aromatic heterocycles. The van der Waals surface area contributed by atoms with Crippen LogP contribution in [0.4, 0.5) is 0 Å². The van der Waals surface area contributed by atoms with E-state index in [-0.39, 0.29) is 11.9 Å². The van der Waals surface area contributed by atoms with Crippen LogP contribution in [0.3, 0.4) is 0 Å². The molecule has 1 amide bonds. The summed E-state index contributed by atoms with van der Waals surface area (Å²) in [6.45, 7) is 2.08. The van der Waals surface area contributed by atoms with Crippen LogP contribution < -0.4 is 0 Å². The van der Waals surface area contributed by atoms with Gasteiger partial charge in [0, 0.05) is 21.1 Å². The van der Waals surface area contributed by atoms with Crippen molar-refractivity contribution >= 4 is 5.91 Å². The number of ether oxygens (including phenoxy) is 1. The molecule has 1 unspecified atom stereocenters. The van der Waals surface area contributed by atoms with Crippen molar-refractivity contribution in [3.8, 4) is 0 Å². The van der Waals surface area contributed by atoms with Crippen molar-refractivity contribution in [2.45, 2.75) is 13.0 Å². The average molecular weight is 207 g/mol. The Morgan fingerprint density at radius 2 is 2.00 bits per heavy atom. The number of hydrogen-bond donors (Lipinski definition) is 0. The van der Waals surface area contributed by atoms with Crippen LogP contribution in [0.5, 0.6) is 0 Å². The van der Waals surface area contributed by atoms with Crippen molar-refractivity contribution < 1.29 is 9.53 Å². The summed E-state index contributed by atoms with van der Waals surface area (Å²) in [6.07, 6.45) is 0. The lowest BCUT2D eigenvalue weighted by molar-refractivity contribution is -0.130. The standard InChI is InChI=1S/C12H17NO2/c1-10(14)13(2)12(9-15-3)11-7-5-4-6-8-11/h4-8,12H,9H2,1-3H3. The van der Waals surface area contributed by atoms with E-state index < -0.39 is 0 Å². The van der Waals surface area contributed by atoms with Crippen LogP contribution in [0.15, 0.2) is 30.3 Å². The summed E-state index contributed by atoms with van der Waals surface area (Å²) in [5.41, 5.74) is 1.09. The molecule has 0 aliphatic carbocycles. The van der Waals surface area contributed by atoms with Gasteiger partial charge in [0.2, 0.25) is 5.91 Å². The van der Waals surface area contributed by atoms with Crippen LogP contribution in [0, 0.1) is 0 Å². The number of carbonyl (C=O) groups is 1. The number of methoxy groups -OCH3 is 1. The fraction of sp³-hybridized carbons (Fsp3) is 0.417. The highest BCUT2D eigenvalue weighted by Crippen LogP contribution is 2.19. The molecular formula is C12H17NO2. The van der Waals surface area contributed by atoms with Crippen molar-refractivity contribution in [2.24, 2.45) is 0 Å². The van der Waals surface area contributed by atoms with E-state index in [0.29, 0.717) is 6.61 Å². The first-order valence-electron chi connectivity index (χ1n) is 4.94. The number of amides is 1. The normalized spacial score (nSPS) is 12.2. The zero-order valence-electron chi connectivity index (χ0n) is 9.43. The van der Waals surface area contributed by atoms with Gasteiger partial charge in [-0.3, -0.25) is 4.79 Å². The summed E-state index contributed by atoms with van der Waals surface area (Å²) >= 11 is 0. The Morgan fingerprint density at radius 1 is 1.40 bits per heavy atom. The predicted octanol–water partition coefficient (Wildman–Crippen LogP) is 1.85. The summed E-state index contributed by atoms with van der Waals surface area (Å²) in [5.74, 6) is 0.0425. The van der Waals surface area contributed by atoms with Crippen LogP contribution in [0.1, 0.15) is 18.5 Å². The fourth-order valence-corrected chi connectivity index (χ4v) is 1.48. The van der Waals surface area contributed by atoms with E-state index >= 15 is 0 Å². The summed E-state index contributed by atoms with van der Waals surface area (Å²) in [7, 11) is 3.43. The molecule has 1 aromatic carbocycles. The van der Waals surface area contributed by atoms with Gasteiger partial charge in [-0.25, -0.2) is 0 Å². The van der Waals surface area contributed by atoms with Crippen molar-refractivity contribution in [2.75, 3.05) is 20.8 Å². The second kappa shape index (κ2) is 5.51. The first kappa shape index (κ1) is 11.7. The molecular weight excluding hydrogens is 190 g/mol. The molecule has 1 aromatic rings. The zero-order chi connectivity index (χ0) is 11.3. The van der Waals surface area contributed by atoms with Crippen molar-refractivity contribution in [3.63, 3.8) is 0 Å². The summed E-state index contributed by atoms with van der Waals surface area (Å²) < 4.78 is 5.14. The third-order valence-electron chi connectivity index (χ3n) is 2.47. The molecule has 15 heavy (non-hydrogen) atoms. The fourth-order valence-electron chi connectivity index (χ4n) is 1.48. The lowest BCUT2D eigenvalue weighted by Crippen LogP contribution is -2.31. The molecule has 82 valence electrons. The van der Waals surface area contributed by atoms with Crippen molar-refractivity contribution in [1.82, 2.24) is 4.90 Å². The highest BCUT2D eigenvalue weighted by Gasteiger charge is 2.18. The molecule has 0 aliphatic heterocycles. The highest BCUT2D eigenvalue weighted by atomic mass is 16.5. The molecule has 0 saturated carbocycles. The molecule has 3 nitrogen and oxygen atoms in total.